The van der Waals surface area contributed by atoms with Gasteiger partial charge in [-0.05, 0) is 19.4 Å². The van der Waals surface area contributed by atoms with Gasteiger partial charge in [-0.25, -0.2) is 0 Å². The van der Waals surface area contributed by atoms with Gasteiger partial charge in [0.25, 0.3) is 5.91 Å². The van der Waals surface area contributed by atoms with Crippen molar-refractivity contribution in [3.8, 4) is 0 Å². The molecule has 1 unspecified atom stereocenters. The van der Waals surface area contributed by atoms with Crippen LogP contribution in [0.4, 0.5) is 0 Å². The van der Waals surface area contributed by atoms with Gasteiger partial charge >= 0.3 is 0 Å². The molecule has 1 heterocycles. The third-order valence-electron chi connectivity index (χ3n) is 3.48. The van der Waals surface area contributed by atoms with E-state index in [0.717, 1.165) is 5.56 Å². The SMILES string of the molecule is COCC(C)(C)N1CC(=O)NC(c2ccccc2)C1=O. The third-order valence-corrected chi connectivity index (χ3v) is 3.48. The van der Waals surface area contributed by atoms with Crippen molar-refractivity contribution < 1.29 is 14.3 Å². The smallest absolute Gasteiger partial charge is 0.250 e. The minimum Gasteiger partial charge on any atom is -0.382 e. The summed E-state index contributed by atoms with van der Waals surface area (Å²) < 4.78 is 5.16. The molecule has 20 heavy (non-hydrogen) atoms. The van der Waals surface area contributed by atoms with E-state index < -0.39 is 11.6 Å². The van der Waals surface area contributed by atoms with E-state index in [1.54, 1.807) is 12.0 Å². The fraction of sp³-hybridized carbons (Fsp3) is 0.467. The Kier molecular flexibility index (Phi) is 4.09. The first kappa shape index (κ1) is 14.5. The summed E-state index contributed by atoms with van der Waals surface area (Å²) in [6.07, 6.45) is 0. The number of piperazine rings is 1. The molecule has 1 aliphatic heterocycles. The molecule has 5 nitrogen and oxygen atoms in total. The maximum absolute atomic E-state index is 12.6. The summed E-state index contributed by atoms with van der Waals surface area (Å²) in [6.45, 7) is 4.25. The number of amides is 2. The van der Waals surface area contributed by atoms with Crippen LogP contribution in [-0.2, 0) is 14.3 Å². The lowest BCUT2D eigenvalue weighted by Gasteiger charge is -2.42. The Hall–Kier alpha value is -1.88. The number of carbonyl (C=O) groups is 2. The maximum Gasteiger partial charge on any atom is 0.250 e. The molecule has 0 aromatic heterocycles. The molecule has 0 aliphatic carbocycles. The van der Waals surface area contributed by atoms with Crippen LogP contribution in [0.15, 0.2) is 30.3 Å². The number of methoxy groups -OCH3 is 1. The second-order valence-electron chi connectivity index (χ2n) is 5.58. The van der Waals surface area contributed by atoms with Crippen molar-refractivity contribution in [3.63, 3.8) is 0 Å². The van der Waals surface area contributed by atoms with E-state index in [1.807, 2.05) is 44.2 Å². The molecular weight excluding hydrogens is 256 g/mol. The first-order chi connectivity index (χ1) is 9.45. The second kappa shape index (κ2) is 5.63. The fourth-order valence-electron chi connectivity index (χ4n) is 2.46. The van der Waals surface area contributed by atoms with E-state index in [9.17, 15) is 9.59 Å². The fourth-order valence-corrected chi connectivity index (χ4v) is 2.46. The lowest BCUT2D eigenvalue weighted by atomic mass is 9.97. The van der Waals surface area contributed by atoms with Crippen LogP contribution in [0.25, 0.3) is 0 Å². The largest absolute Gasteiger partial charge is 0.382 e. The molecule has 1 aromatic rings. The summed E-state index contributed by atoms with van der Waals surface area (Å²) >= 11 is 0. The average Bonchev–Trinajstić information content (AvgIpc) is 2.42. The van der Waals surface area contributed by atoms with Crippen molar-refractivity contribution in [1.29, 1.82) is 0 Å². The second-order valence-corrected chi connectivity index (χ2v) is 5.58. The van der Waals surface area contributed by atoms with Crippen LogP contribution in [0.5, 0.6) is 0 Å². The number of rotatable bonds is 4. The molecule has 0 bridgehead atoms. The lowest BCUT2D eigenvalue weighted by molar-refractivity contribution is -0.151. The maximum atomic E-state index is 12.6. The van der Waals surface area contributed by atoms with Crippen molar-refractivity contribution >= 4 is 11.8 Å². The van der Waals surface area contributed by atoms with E-state index in [4.69, 9.17) is 4.74 Å². The van der Waals surface area contributed by atoms with Gasteiger partial charge in [0.1, 0.15) is 12.6 Å². The summed E-state index contributed by atoms with van der Waals surface area (Å²) in [7, 11) is 1.59. The highest BCUT2D eigenvalue weighted by Crippen LogP contribution is 2.25. The van der Waals surface area contributed by atoms with Gasteiger partial charge in [0, 0.05) is 7.11 Å². The third kappa shape index (κ3) is 2.82. The highest BCUT2D eigenvalue weighted by molar-refractivity contribution is 5.96. The molecule has 2 rings (SSSR count). The number of ether oxygens (including phenoxy) is 1. The summed E-state index contributed by atoms with van der Waals surface area (Å²) in [6, 6.07) is 8.66. The molecule has 108 valence electrons. The zero-order valence-corrected chi connectivity index (χ0v) is 12.1. The van der Waals surface area contributed by atoms with E-state index in [0.29, 0.717) is 6.61 Å². The zero-order chi connectivity index (χ0) is 14.8. The Morgan fingerprint density at radius 2 is 1.95 bits per heavy atom. The quantitative estimate of drug-likeness (QED) is 0.896. The van der Waals surface area contributed by atoms with Crippen LogP contribution in [0.3, 0.4) is 0 Å². The summed E-state index contributed by atoms with van der Waals surface area (Å²) in [4.78, 5) is 26.1. The Morgan fingerprint density at radius 3 is 2.55 bits per heavy atom. The number of hydrogen-bond donors (Lipinski definition) is 1. The van der Waals surface area contributed by atoms with Crippen molar-refractivity contribution in [3.05, 3.63) is 35.9 Å². The molecule has 1 N–H and O–H groups in total. The first-order valence-electron chi connectivity index (χ1n) is 6.60. The highest BCUT2D eigenvalue weighted by atomic mass is 16.5. The van der Waals surface area contributed by atoms with Crippen LogP contribution in [0, 0.1) is 0 Å². The summed E-state index contributed by atoms with van der Waals surface area (Å²) in [5, 5.41) is 2.76. The van der Waals surface area contributed by atoms with Gasteiger partial charge in [-0.2, -0.15) is 0 Å². The number of nitrogens with zero attached hydrogens (tertiary/aromatic N) is 1. The molecule has 1 saturated heterocycles. The molecule has 1 fully saturated rings. The Balaban J connectivity index is 2.29. The van der Waals surface area contributed by atoms with Crippen LogP contribution >= 0.6 is 0 Å². The van der Waals surface area contributed by atoms with Gasteiger partial charge in [-0.3, -0.25) is 9.59 Å². The standard InChI is InChI=1S/C15H20N2O3/c1-15(2,10-20-3)17-9-12(18)16-13(14(17)19)11-7-5-4-6-8-11/h4-8,13H,9-10H2,1-3H3,(H,16,18). The monoisotopic (exact) mass is 276 g/mol. The van der Waals surface area contributed by atoms with Gasteiger partial charge in [-0.1, -0.05) is 30.3 Å². The van der Waals surface area contributed by atoms with Crippen LogP contribution < -0.4 is 5.32 Å². The molecule has 0 radical (unpaired) electrons. The van der Waals surface area contributed by atoms with E-state index in [-0.39, 0.29) is 18.4 Å². The van der Waals surface area contributed by atoms with Crippen LogP contribution in [0.1, 0.15) is 25.5 Å². The predicted molar refractivity (Wildman–Crippen MR) is 75.0 cm³/mol. The van der Waals surface area contributed by atoms with Gasteiger partial charge in [0.15, 0.2) is 0 Å². The molecular formula is C15H20N2O3. The number of benzene rings is 1. The molecule has 0 saturated carbocycles. The minimum atomic E-state index is -0.617. The Labute approximate surface area is 118 Å². The molecule has 1 aliphatic rings. The first-order valence-corrected chi connectivity index (χ1v) is 6.60. The number of nitrogens with one attached hydrogen (secondary N) is 1. The van der Waals surface area contributed by atoms with E-state index in [1.165, 1.54) is 0 Å². The van der Waals surface area contributed by atoms with Gasteiger partial charge in [0.2, 0.25) is 5.91 Å². The van der Waals surface area contributed by atoms with Crippen molar-refractivity contribution in [1.82, 2.24) is 10.2 Å². The van der Waals surface area contributed by atoms with Gasteiger partial charge in [-0.15, -0.1) is 0 Å². The molecule has 1 aromatic carbocycles. The summed E-state index contributed by atoms with van der Waals surface area (Å²) in [5.74, 6) is -0.250. The number of hydrogen-bond acceptors (Lipinski definition) is 3. The van der Waals surface area contributed by atoms with Gasteiger partial charge in [0.05, 0.1) is 12.1 Å². The topological polar surface area (TPSA) is 58.6 Å². The van der Waals surface area contributed by atoms with E-state index in [2.05, 4.69) is 5.32 Å². The van der Waals surface area contributed by atoms with E-state index >= 15 is 0 Å². The molecule has 1 atom stereocenters. The predicted octanol–water partition coefficient (Wildman–Crippen LogP) is 1.11. The van der Waals surface area contributed by atoms with Crippen molar-refractivity contribution in [2.45, 2.75) is 25.4 Å². The summed E-state index contributed by atoms with van der Waals surface area (Å²) in [5.41, 5.74) is 0.278. The highest BCUT2D eigenvalue weighted by Gasteiger charge is 2.40. The molecule has 2 amide bonds. The number of carbonyl (C=O) groups excluding carboxylic acids is 2. The van der Waals surface area contributed by atoms with Gasteiger partial charge < -0.3 is 15.0 Å². The van der Waals surface area contributed by atoms with Crippen molar-refractivity contribution in [2.24, 2.45) is 0 Å². The average molecular weight is 276 g/mol. The zero-order valence-electron chi connectivity index (χ0n) is 12.1. The normalized spacial score (nSPS) is 19.9. The van der Waals surface area contributed by atoms with Crippen molar-refractivity contribution in [2.75, 3.05) is 20.3 Å². The Bertz CT molecular complexity index is 499. The van der Waals surface area contributed by atoms with Crippen LogP contribution in [0.2, 0.25) is 0 Å². The lowest BCUT2D eigenvalue weighted by Crippen LogP contribution is -2.61. The van der Waals surface area contributed by atoms with Crippen LogP contribution in [-0.4, -0.2) is 42.5 Å². The minimum absolute atomic E-state index is 0.0680. The molecule has 0 spiro atoms. The Morgan fingerprint density at radius 1 is 1.30 bits per heavy atom. The molecule has 5 heteroatoms.